The smallest absolute Gasteiger partial charge is 0.412 e. The highest BCUT2D eigenvalue weighted by molar-refractivity contribution is 6.74. The van der Waals surface area contributed by atoms with Crippen LogP contribution in [0.3, 0.4) is 0 Å². The van der Waals surface area contributed by atoms with Crippen LogP contribution in [0.2, 0.25) is 18.1 Å². The van der Waals surface area contributed by atoms with Crippen LogP contribution >= 0.6 is 0 Å². The first-order chi connectivity index (χ1) is 10.7. The van der Waals surface area contributed by atoms with Gasteiger partial charge in [0, 0.05) is 0 Å². The van der Waals surface area contributed by atoms with Crippen molar-refractivity contribution in [2.24, 2.45) is 0 Å². The maximum Gasteiger partial charge on any atom is 0.412 e. The molecular weight excluding hydrogens is 325 g/mol. The van der Waals surface area contributed by atoms with Gasteiger partial charge in [0.25, 0.3) is 0 Å². The van der Waals surface area contributed by atoms with E-state index in [4.69, 9.17) is 9.16 Å². The van der Waals surface area contributed by atoms with Crippen LogP contribution in [0.1, 0.15) is 47.1 Å². The Balaban J connectivity index is 2.82. The van der Waals surface area contributed by atoms with Crippen LogP contribution in [0.15, 0.2) is 18.2 Å². The van der Waals surface area contributed by atoms with E-state index in [0.29, 0.717) is 6.61 Å². The molecule has 136 valence electrons. The molecule has 0 aliphatic heterocycles. The summed E-state index contributed by atoms with van der Waals surface area (Å²) in [5.41, 5.74) is 0.275. The summed E-state index contributed by atoms with van der Waals surface area (Å²) in [4.78, 5) is 11.8. The Morgan fingerprint density at radius 3 is 2.25 bits per heavy atom. The van der Waals surface area contributed by atoms with Gasteiger partial charge in [0.05, 0.1) is 12.3 Å². The molecule has 0 aromatic heterocycles. The number of benzene rings is 1. The van der Waals surface area contributed by atoms with Crippen LogP contribution in [0, 0.1) is 5.82 Å². The Bertz CT molecular complexity index is 589. The molecule has 1 N–H and O–H groups in total. The molecule has 24 heavy (non-hydrogen) atoms. The first-order valence-electron chi connectivity index (χ1n) is 8.14. The Labute approximate surface area is 145 Å². The minimum absolute atomic E-state index is 0.0978. The number of nitrogens with one attached hydrogen (secondary N) is 1. The van der Waals surface area contributed by atoms with Gasteiger partial charge in [-0.15, -0.1) is 0 Å². The molecule has 1 rings (SSSR count). The summed E-state index contributed by atoms with van der Waals surface area (Å²) < 4.78 is 25.2. The summed E-state index contributed by atoms with van der Waals surface area (Å²) in [5.74, 6) is -0.503. The van der Waals surface area contributed by atoms with Gasteiger partial charge in [0.2, 0.25) is 0 Å². The van der Waals surface area contributed by atoms with E-state index >= 15 is 0 Å². The Morgan fingerprint density at radius 1 is 1.17 bits per heavy atom. The molecule has 1 amide bonds. The molecule has 0 radical (unpaired) electrons. The van der Waals surface area contributed by atoms with E-state index in [1.165, 1.54) is 6.07 Å². The number of amides is 1. The van der Waals surface area contributed by atoms with E-state index < -0.39 is 25.8 Å². The molecule has 0 saturated carbocycles. The number of hydrogen-bond acceptors (Lipinski definition) is 3. The molecule has 0 saturated heterocycles. The number of carbonyl (C=O) groups excluding carboxylic acids is 1. The maximum absolute atomic E-state index is 13.9. The quantitative estimate of drug-likeness (QED) is 0.705. The third-order valence-corrected chi connectivity index (χ3v) is 8.55. The van der Waals surface area contributed by atoms with Crippen molar-refractivity contribution in [2.45, 2.75) is 71.9 Å². The van der Waals surface area contributed by atoms with E-state index in [9.17, 15) is 9.18 Å². The van der Waals surface area contributed by atoms with Crippen LogP contribution < -0.4 is 5.32 Å². The molecule has 0 unspecified atom stereocenters. The highest BCUT2D eigenvalue weighted by Crippen LogP contribution is 2.37. The Hall–Kier alpha value is -1.40. The average Bonchev–Trinajstić information content (AvgIpc) is 2.36. The zero-order chi connectivity index (χ0) is 18.8. The third-order valence-electron chi connectivity index (χ3n) is 4.07. The van der Waals surface area contributed by atoms with Gasteiger partial charge >= 0.3 is 6.09 Å². The minimum Gasteiger partial charge on any atom is -0.444 e. The lowest BCUT2D eigenvalue weighted by Crippen LogP contribution is -2.40. The zero-order valence-corrected chi connectivity index (χ0v) is 17.0. The lowest BCUT2D eigenvalue weighted by atomic mass is 10.2. The SMILES string of the molecule is CC(C)(C)OC(=O)Nc1cc(CO[Si](C)(C)C(C)(C)C)ccc1F. The van der Waals surface area contributed by atoms with Gasteiger partial charge in [-0.05, 0) is 56.6 Å². The number of halogens is 1. The van der Waals surface area contributed by atoms with Gasteiger partial charge in [0.15, 0.2) is 8.32 Å². The van der Waals surface area contributed by atoms with Crippen LogP contribution in [-0.2, 0) is 15.8 Å². The highest BCUT2D eigenvalue weighted by Gasteiger charge is 2.37. The maximum atomic E-state index is 13.9. The van der Waals surface area contributed by atoms with Crippen molar-refractivity contribution in [3.8, 4) is 0 Å². The van der Waals surface area contributed by atoms with Crippen molar-refractivity contribution in [2.75, 3.05) is 5.32 Å². The number of hydrogen-bond donors (Lipinski definition) is 1. The summed E-state index contributed by atoms with van der Waals surface area (Å²) in [6.45, 7) is 16.5. The molecule has 4 nitrogen and oxygen atoms in total. The minimum atomic E-state index is -1.89. The normalized spacial score (nSPS) is 12.9. The topological polar surface area (TPSA) is 47.6 Å². The van der Waals surface area contributed by atoms with Crippen LogP contribution in [0.4, 0.5) is 14.9 Å². The Morgan fingerprint density at radius 2 is 1.75 bits per heavy atom. The van der Waals surface area contributed by atoms with E-state index in [2.05, 4.69) is 39.2 Å². The number of carbonyl (C=O) groups is 1. The molecular formula is C18H30FNO3Si. The summed E-state index contributed by atoms with van der Waals surface area (Å²) in [7, 11) is -1.89. The molecule has 0 aliphatic rings. The van der Waals surface area contributed by atoms with Crippen molar-refractivity contribution < 1.29 is 18.3 Å². The molecule has 0 aliphatic carbocycles. The summed E-state index contributed by atoms with van der Waals surface area (Å²) >= 11 is 0. The van der Waals surface area contributed by atoms with Crippen molar-refractivity contribution in [3.05, 3.63) is 29.6 Å². The van der Waals surface area contributed by atoms with Crippen LogP contribution in [0.25, 0.3) is 0 Å². The summed E-state index contributed by atoms with van der Waals surface area (Å²) in [5, 5.41) is 2.56. The van der Waals surface area contributed by atoms with Crippen molar-refractivity contribution in [3.63, 3.8) is 0 Å². The first-order valence-corrected chi connectivity index (χ1v) is 11.0. The lowest BCUT2D eigenvalue weighted by molar-refractivity contribution is 0.0635. The summed E-state index contributed by atoms with van der Waals surface area (Å²) in [6, 6.07) is 4.59. The fraction of sp³-hybridized carbons (Fsp3) is 0.611. The monoisotopic (exact) mass is 355 g/mol. The molecule has 0 heterocycles. The van der Waals surface area contributed by atoms with Crippen LogP contribution in [-0.4, -0.2) is 20.0 Å². The van der Waals surface area contributed by atoms with Crippen LogP contribution in [0.5, 0.6) is 0 Å². The van der Waals surface area contributed by atoms with Gasteiger partial charge in [-0.3, -0.25) is 5.32 Å². The molecule has 1 aromatic rings. The van der Waals surface area contributed by atoms with Gasteiger partial charge in [-0.25, -0.2) is 9.18 Å². The predicted octanol–water partition coefficient (Wildman–Crippen LogP) is 5.69. The highest BCUT2D eigenvalue weighted by atomic mass is 28.4. The third kappa shape index (κ3) is 6.24. The average molecular weight is 356 g/mol. The largest absolute Gasteiger partial charge is 0.444 e. The second kappa shape index (κ2) is 7.23. The van der Waals surface area contributed by atoms with Gasteiger partial charge < -0.3 is 9.16 Å². The predicted molar refractivity (Wildman–Crippen MR) is 98.2 cm³/mol. The number of rotatable bonds is 4. The standard InChI is InChI=1S/C18H30FNO3Si/c1-17(2,3)23-16(21)20-15-11-13(9-10-14(15)19)12-22-24(7,8)18(4,5)6/h9-11H,12H2,1-8H3,(H,20,21). The zero-order valence-electron chi connectivity index (χ0n) is 16.0. The lowest BCUT2D eigenvalue weighted by Gasteiger charge is -2.36. The van der Waals surface area contributed by atoms with Crippen molar-refractivity contribution in [1.29, 1.82) is 0 Å². The van der Waals surface area contributed by atoms with Gasteiger partial charge in [0.1, 0.15) is 11.4 Å². The summed E-state index contributed by atoms with van der Waals surface area (Å²) in [6.07, 6.45) is -0.677. The number of ether oxygens (including phenoxy) is 1. The molecule has 1 aromatic carbocycles. The molecule has 0 bridgehead atoms. The second-order valence-corrected chi connectivity index (χ2v) is 13.3. The molecule has 0 spiro atoms. The first kappa shape index (κ1) is 20.6. The number of anilines is 1. The van der Waals surface area contributed by atoms with Gasteiger partial charge in [-0.2, -0.15) is 0 Å². The fourth-order valence-electron chi connectivity index (χ4n) is 1.65. The van der Waals surface area contributed by atoms with E-state index in [1.54, 1.807) is 32.9 Å². The second-order valence-electron chi connectivity index (χ2n) is 8.49. The Kier molecular flexibility index (Phi) is 6.22. The molecule has 0 atom stereocenters. The van der Waals surface area contributed by atoms with E-state index in [1.807, 2.05) is 0 Å². The van der Waals surface area contributed by atoms with E-state index in [-0.39, 0.29) is 10.7 Å². The van der Waals surface area contributed by atoms with Crippen molar-refractivity contribution >= 4 is 20.1 Å². The van der Waals surface area contributed by atoms with Gasteiger partial charge in [-0.1, -0.05) is 26.8 Å². The van der Waals surface area contributed by atoms with E-state index in [0.717, 1.165) is 5.56 Å². The van der Waals surface area contributed by atoms with Crippen molar-refractivity contribution in [1.82, 2.24) is 0 Å². The molecule has 6 heteroatoms. The fourth-order valence-corrected chi connectivity index (χ4v) is 2.61. The molecule has 0 fully saturated rings.